The number of fused-ring (bicyclic) bond motifs is 1. The molecular weight excluding hydrogens is 646 g/mol. The van der Waals surface area contributed by atoms with Crippen LogP contribution >= 0.6 is 11.6 Å². The molecule has 0 aromatic heterocycles. The van der Waals surface area contributed by atoms with E-state index in [1.165, 1.54) is 0 Å². The number of carbonyl (C=O) groups excluding carboxylic acids is 4. The second-order valence-corrected chi connectivity index (χ2v) is 13.4. The summed E-state index contributed by atoms with van der Waals surface area (Å²) in [5.74, 6) is -3.33. The van der Waals surface area contributed by atoms with Crippen LogP contribution < -0.4 is 10.2 Å². The van der Waals surface area contributed by atoms with Crippen LogP contribution in [0.1, 0.15) is 62.2 Å². The molecule has 3 aliphatic heterocycles. The first-order valence-corrected chi connectivity index (χ1v) is 17.5. The highest BCUT2D eigenvalue weighted by Gasteiger charge is 2.75. The van der Waals surface area contributed by atoms with Gasteiger partial charge in [-0.25, -0.2) is 0 Å². The van der Waals surface area contributed by atoms with Crippen LogP contribution in [0.4, 0.5) is 5.69 Å². The number of amides is 3. The first-order valence-electron chi connectivity index (χ1n) is 17.1. The Morgan fingerprint density at radius 3 is 2.61 bits per heavy atom. The number of nitrogens with one attached hydrogen (secondary N) is 1. The Morgan fingerprint density at radius 2 is 1.92 bits per heavy atom. The summed E-state index contributed by atoms with van der Waals surface area (Å²) >= 11 is 6.66. The number of hydrogen-bond donors (Lipinski definition) is 2. The fourth-order valence-corrected chi connectivity index (χ4v) is 8.01. The molecule has 11 heteroatoms. The highest BCUT2D eigenvalue weighted by Crippen LogP contribution is 2.59. The highest BCUT2D eigenvalue weighted by atomic mass is 35.5. The van der Waals surface area contributed by atoms with Crippen molar-refractivity contribution >= 4 is 41.0 Å². The Hall–Kier alpha value is -3.99. The van der Waals surface area contributed by atoms with Crippen molar-refractivity contribution < 1.29 is 33.8 Å². The molecule has 3 heterocycles. The predicted octanol–water partition coefficient (Wildman–Crippen LogP) is 5.07. The molecule has 0 radical (unpaired) electrons. The molecule has 3 fully saturated rings. The summed E-state index contributed by atoms with van der Waals surface area (Å²) in [6.07, 6.45) is 5.34. The van der Waals surface area contributed by atoms with Gasteiger partial charge in [0.1, 0.15) is 17.7 Å². The normalized spacial score (nSPS) is 24.3. The van der Waals surface area contributed by atoms with Crippen LogP contribution in [0.3, 0.4) is 0 Å². The van der Waals surface area contributed by atoms with Gasteiger partial charge in [-0.05, 0) is 62.6 Å². The summed E-state index contributed by atoms with van der Waals surface area (Å²) < 4.78 is 12.8. The number of halogens is 1. The SMILES string of the molecule is C=CCCC(=O)NC[C@H](OC(=O)[C@@H]1[C@H]2C(=O)N(CCCCCO)[C@H](C(=O)N(CC=C)c3c(C)cccc3Cl)[C@]23CC[C@H]1O3)c1ccccc1. The van der Waals surface area contributed by atoms with E-state index < -0.39 is 41.7 Å². The van der Waals surface area contributed by atoms with Crippen LogP contribution in [0.5, 0.6) is 0 Å². The second kappa shape index (κ2) is 16.1. The smallest absolute Gasteiger partial charge is 0.313 e. The fraction of sp³-hybridized carbons (Fsp3) is 0.474. The third-order valence-corrected chi connectivity index (χ3v) is 10.2. The Labute approximate surface area is 293 Å². The Balaban J connectivity index is 1.47. The molecule has 3 saturated heterocycles. The van der Waals surface area contributed by atoms with E-state index in [-0.39, 0.29) is 50.4 Å². The number of anilines is 1. The number of nitrogens with zero attached hydrogens (tertiary/aromatic N) is 2. The first kappa shape index (κ1) is 36.3. The molecule has 2 bridgehead atoms. The van der Waals surface area contributed by atoms with E-state index in [9.17, 15) is 24.3 Å². The minimum Gasteiger partial charge on any atom is -0.455 e. The summed E-state index contributed by atoms with van der Waals surface area (Å²) in [5, 5.41) is 12.6. The lowest BCUT2D eigenvalue weighted by Crippen LogP contribution is -2.56. The van der Waals surface area contributed by atoms with Crippen LogP contribution in [0.2, 0.25) is 5.02 Å². The van der Waals surface area contributed by atoms with Gasteiger partial charge in [0.15, 0.2) is 0 Å². The summed E-state index contributed by atoms with van der Waals surface area (Å²) in [6, 6.07) is 13.5. The van der Waals surface area contributed by atoms with Crippen LogP contribution in [0.15, 0.2) is 73.8 Å². The molecule has 2 aromatic carbocycles. The van der Waals surface area contributed by atoms with Gasteiger partial charge < -0.3 is 29.7 Å². The molecule has 3 amide bonds. The summed E-state index contributed by atoms with van der Waals surface area (Å²) in [7, 11) is 0. The Bertz CT molecular complexity index is 1530. The van der Waals surface area contributed by atoms with E-state index in [4.69, 9.17) is 21.1 Å². The minimum atomic E-state index is -1.24. The van der Waals surface area contributed by atoms with Crippen LogP contribution in [0, 0.1) is 18.8 Å². The molecule has 49 heavy (non-hydrogen) atoms. The number of hydrogen-bond acceptors (Lipinski definition) is 7. The average Bonchev–Trinajstić information content (AvgIpc) is 3.74. The number of aliphatic hydroxyl groups excluding tert-OH is 1. The number of aryl methyl sites for hydroxylation is 1. The lowest BCUT2D eigenvalue weighted by atomic mass is 9.70. The number of carbonyl (C=O) groups is 4. The van der Waals surface area contributed by atoms with Crippen molar-refractivity contribution in [2.75, 3.05) is 31.1 Å². The minimum absolute atomic E-state index is 0.0256. The first-order chi connectivity index (χ1) is 23.7. The molecule has 1 spiro atoms. The van der Waals surface area contributed by atoms with Crippen molar-refractivity contribution in [1.82, 2.24) is 10.2 Å². The van der Waals surface area contributed by atoms with E-state index >= 15 is 0 Å². The number of allylic oxidation sites excluding steroid dienone is 1. The largest absolute Gasteiger partial charge is 0.455 e. The third kappa shape index (κ3) is 7.32. The fourth-order valence-electron chi connectivity index (χ4n) is 7.69. The predicted molar refractivity (Wildman–Crippen MR) is 187 cm³/mol. The number of benzene rings is 2. The average molecular weight is 692 g/mol. The van der Waals surface area contributed by atoms with Gasteiger partial charge >= 0.3 is 5.97 Å². The number of aliphatic hydroxyl groups is 1. The topological polar surface area (TPSA) is 125 Å². The van der Waals surface area contributed by atoms with E-state index in [1.54, 1.807) is 28.0 Å². The summed E-state index contributed by atoms with van der Waals surface area (Å²) in [6.45, 7) is 9.90. The van der Waals surface area contributed by atoms with Gasteiger partial charge in [-0.15, -0.1) is 13.2 Å². The zero-order valence-corrected chi connectivity index (χ0v) is 28.8. The number of likely N-dealkylation sites (tertiary alicyclic amines) is 1. The molecule has 2 N–H and O–H groups in total. The zero-order valence-electron chi connectivity index (χ0n) is 28.0. The third-order valence-electron chi connectivity index (χ3n) is 9.89. The molecule has 6 atom stereocenters. The van der Waals surface area contributed by atoms with Crippen molar-refractivity contribution in [3.63, 3.8) is 0 Å². The summed E-state index contributed by atoms with van der Waals surface area (Å²) in [4.78, 5) is 59.1. The van der Waals surface area contributed by atoms with E-state index in [2.05, 4.69) is 18.5 Å². The molecular formula is C38H46ClN3O7. The van der Waals surface area contributed by atoms with Gasteiger partial charge in [0, 0.05) is 26.1 Å². The number of ether oxygens (including phenoxy) is 2. The molecule has 2 aromatic rings. The zero-order chi connectivity index (χ0) is 35.1. The number of unbranched alkanes of at least 4 members (excludes halogenated alkanes) is 2. The monoisotopic (exact) mass is 691 g/mol. The van der Waals surface area contributed by atoms with Crippen molar-refractivity contribution in [3.05, 3.63) is 90.0 Å². The standard InChI is InChI=1S/C38H46ClN3O7/c1-4-6-18-30(44)40-24-29(26-15-9-7-10-16-26)48-37(47)31-28-19-20-38(49-28)32(31)35(45)42(22-11-8-12-23-43)34(38)36(46)41(21-5-2)33-25(3)14-13-17-27(33)39/h4-5,7,9-10,13-17,28-29,31-32,34,43H,1-2,6,8,11-12,18-24H2,3H3,(H,40,44)/t28-,29+,31+,32+,34-,38+/m1/s1. The quantitative estimate of drug-likeness (QED) is 0.135. The molecule has 262 valence electrons. The van der Waals surface area contributed by atoms with Crippen LogP contribution in [-0.2, 0) is 28.7 Å². The van der Waals surface area contributed by atoms with Crippen molar-refractivity contribution in [1.29, 1.82) is 0 Å². The summed E-state index contributed by atoms with van der Waals surface area (Å²) in [5.41, 5.74) is 0.781. The number of esters is 1. The lowest BCUT2D eigenvalue weighted by Gasteiger charge is -2.37. The molecule has 0 saturated carbocycles. The molecule has 3 aliphatic rings. The van der Waals surface area contributed by atoms with E-state index in [1.807, 2.05) is 49.4 Å². The van der Waals surface area contributed by atoms with Crippen molar-refractivity contribution in [2.45, 2.75) is 75.7 Å². The van der Waals surface area contributed by atoms with Crippen molar-refractivity contribution in [3.8, 4) is 0 Å². The van der Waals surface area contributed by atoms with Gasteiger partial charge in [-0.3, -0.25) is 19.2 Å². The molecule has 0 aliphatic carbocycles. The van der Waals surface area contributed by atoms with Gasteiger partial charge in [0.05, 0.1) is 35.2 Å². The van der Waals surface area contributed by atoms with Gasteiger partial charge in [0.2, 0.25) is 11.8 Å². The number of para-hydroxylation sites is 1. The maximum atomic E-state index is 14.8. The van der Waals surface area contributed by atoms with E-state index in [0.29, 0.717) is 54.8 Å². The maximum absolute atomic E-state index is 14.8. The molecule has 5 rings (SSSR count). The Morgan fingerprint density at radius 1 is 1.14 bits per heavy atom. The molecule has 0 unspecified atom stereocenters. The van der Waals surface area contributed by atoms with E-state index in [0.717, 1.165) is 5.56 Å². The molecule has 10 nitrogen and oxygen atoms in total. The van der Waals surface area contributed by atoms with Crippen molar-refractivity contribution in [2.24, 2.45) is 11.8 Å². The van der Waals surface area contributed by atoms with Gasteiger partial charge in [-0.1, -0.05) is 66.2 Å². The van der Waals surface area contributed by atoms with Crippen LogP contribution in [0.25, 0.3) is 0 Å². The van der Waals surface area contributed by atoms with Crippen LogP contribution in [-0.4, -0.2) is 77.7 Å². The maximum Gasteiger partial charge on any atom is 0.313 e. The second-order valence-electron chi connectivity index (χ2n) is 13.0. The van der Waals surface area contributed by atoms with Gasteiger partial charge in [0.25, 0.3) is 5.91 Å². The highest BCUT2D eigenvalue weighted by molar-refractivity contribution is 6.34. The van der Waals surface area contributed by atoms with Gasteiger partial charge in [-0.2, -0.15) is 0 Å². The Kier molecular flexibility index (Phi) is 12.0. The number of rotatable bonds is 17. The lowest BCUT2D eigenvalue weighted by molar-refractivity contribution is -0.160.